The average Bonchev–Trinajstić information content (AvgIpc) is 3.25. The summed E-state index contributed by atoms with van der Waals surface area (Å²) in [5.41, 5.74) is 2.53. The molecule has 1 saturated heterocycles. The summed E-state index contributed by atoms with van der Waals surface area (Å²) in [6, 6.07) is 0. The minimum Gasteiger partial charge on any atom is -0.462 e. The van der Waals surface area contributed by atoms with Crippen LogP contribution < -0.4 is 0 Å². The number of hydrogen-bond acceptors (Lipinski definition) is 3. The Morgan fingerprint density at radius 3 is 2.55 bits per heavy atom. The van der Waals surface area contributed by atoms with Gasteiger partial charge in [-0.15, -0.1) is 0 Å². The normalized spacial score (nSPS) is 40.2. The van der Waals surface area contributed by atoms with Crippen molar-refractivity contribution in [3.05, 3.63) is 11.6 Å². The van der Waals surface area contributed by atoms with E-state index in [9.17, 15) is 4.79 Å². The maximum Gasteiger partial charge on any atom is 0.307 e. The molecule has 0 aromatic rings. The van der Waals surface area contributed by atoms with Gasteiger partial charge in [0, 0.05) is 13.0 Å². The van der Waals surface area contributed by atoms with E-state index in [-0.39, 0.29) is 12.1 Å². The Kier molecular flexibility index (Phi) is 9.03. The van der Waals surface area contributed by atoms with Crippen molar-refractivity contribution < 1.29 is 9.53 Å². The van der Waals surface area contributed by atoms with Crippen LogP contribution in [0.1, 0.15) is 131 Å². The van der Waals surface area contributed by atoms with E-state index in [1.807, 2.05) is 0 Å². The van der Waals surface area contributed by atoms with E-state index in [1.54, 1.807) is 5.57 Å². The lowest BCUT2D eigenvalue weighted by atomic mass is 9.47. The van der Waals surface area contributed by atoms with Crippen molar-refractivity contribution in [3.63, 3.8) is 0 Å². The van der Waals surface area contributed by atoms with Crippen LogP contribution in [0.3, 0.4) is 0 Å². The zero-order valence-electron chi connectivity index (χ0n) is 25.6. The molecule has 0 N–H and O–H groups in total. The lowest BCUT2D eigenvalue weighted by Gasteiger charge is -2.58. The summed E-state index contributed by atoms with van der Waals surface area (Å²) in [6.45, 7) is 15.8. The predicted molar refractivity (Wildman–Crippen MR) is 158 cm³/mol. The van der Waals surface area contributed by atoms with Gasteiger partial charge in [0.25, 0.3) is 0 Å². The molecule has 5 rings (SSSR count). The van der Waals surface area contributed by atoms with Crippen LogP contribution in [0.2, 0.25) is 0 Å². The fourth-order valence-electron chi connectivity index (χ4n) is 10.4. The number of nitrogens with zero attached hydrogens (tertiary/aromatic N) is 1. The molecule has 1 aliphatic heterocycles. The summed E-state index contributed by atoms with van der Waals surface area (Å²) < 4.78 is 6.08. The first-order valence-corrected chi connectivity index (χ1v) is 16.8. The van der Waals surface area contributed by atoms with Crippen molar-refractivity contribution in [2.75, 3.05) is 19.6 Å². The Bertz CT molecular complexity index is 843. The Balaban J connectivity index is 1.17. The largest absolute Gasteiger partial charge is 0.462 e. The molecule has 0 aromatic heterocycles. The molecule has 4 fully saturated rings. The molecule has 0 bridgehead atoms. The summed E-state index contributed by atoms with van der Waals surface area (Å²) in [5.74, 6) is 5.31. The van der Waals surface area contributed by atoms with Gasteiger partial charge in [-0.2, -0.15) is 0 Å². The average molecular weight is 526 g/mol. The Morgan fingerprint density at radius 1 is 1.00 bits per heavy atom. The highest BCUT2D eigenvalue weighted by molar-refractivity contribution is 5.69. The summed E-state index contributed by atoms with van der Waals surface area (Å²) >= 11 is 0. The molecule has 0 radical (unpaired) electrons. The van der Waals surface area contributed by atoms with E-state index < -0.39 is 0 Å². The van der Waals surface area contributed by atoms with Crippen LogP contribution in [0, 0.1) is 46.3 Å². The molecule has 0 aromatic carbocycles. The molecule has 3 heteroatoms. The molecule has 3 nitrogen and oxygen atoms in total. The van der Waals surface area contributed by atoms with E-state index in [4.69, 9.17) is 4.74 Å². The molecule has 8 atom stereocenters. The molecule has 38 heavy (non-hydrogen) atoms. The van der Waals surface area contributed by atoms with Gasteiger partial charge in [0.1, 0.15) is 6.10 Å². The molecule has 5 aliphatic rings. The quantitative estimate of drug-likeness (QED) is 0.222. The van der Waals surface area contributed by atoms with Crippen molar-refractivity contribution in [1.82, 2.24) is 4.90 Å². The Morgan fingerprint density at radius 2 is 1.79 bits per heavy atom. The third-order valence-electron chi connectivity index (χ3n) is 12.6. The van der Waals surface area contributed by atoms with Crippen LogP contribution in [-0.2, 0) is 9.53 Å². The fraction of sp³-hybridized carbons (Fsp3) is 0.914. The van der Waals surface area contributed by atoms with E-state index >= 15 is 0 Å². The first-order valence-electron chi connectivity index (χ1n) is 16.8. The van der Waals surface area contributed by atoms with E-state index in [2.05, 4.69) is 45.6 Å². The number of carbonyl (C=O) groups is 1. The van der Waals surface area contributed by atoms with Gasteiger partial charge < -0.3 is 9.64 Å². The number of piperidine rings is 1. The van der Waals surface area contributed by atoms with Crippen LogP contribution in [-0.4, -0.2) is 36.6 Å². The number of ether oxygens (including phenoxy) is 1. The minimum atomic E-state index is 0.0337. The maximum atomic E-state index is 12.7. The van der Waals surface area contributed by atoms with Crippen LogP contribution in [0.15, 0.2) is 11.6 Å². The number of allylic oxidation sites excluding steroid dienone is 1. The molecule has 1 heterocycles. The third-order valence-corrected chi connectivity index (χ3v) is 12.6. The second-order valence-electron chi connectivity index (χ2n) is 15.3. The molecule has 3 saturated carbocycles. The van der Waals surface area contributed by atoms with Gasteiger partial charge in [0.15, 0.2) is 0 Å². The van der Waals surface area contributed by atoms with Crippen LogP contribution >= 0.6 is 0 Å². The summed E-state index contributed by atoms with van der Waals surface area (Å²) in [6.07, 6.45) is 21.8. The maximum absolute atomic E-state index is 12.7. The van der Waals surface area contributed by atoms with Gasteiger partial charge in [0.05, 0.1) is 6.42 Å². The van der Waals surface area contributed by atoms with Crippen molar-refractivity contribution in [2.45, 2.75) is 137 Å². The lowest BCUT2D eigenvalue weighted by Crippen LogP contribution is -2.51. The van der Waals surface area contributed by atoms with Crippen molar-refractivity contribution in [2.24, 2.45) is 46.3 Å². The van der Waals surface area contributed by atoms with Crippen LogP contribution in [0.4, 0.5) is 0 Å². The van der Waals surface area contributed by atoms with Gasteiger partial charge in [-0.1, -0.05) is 72.0 Å². The third kappa shape index (κ3) is 5.80. The van der Waals surface area contributed by atoms with E-state index in [0.29, 0.717) is 17.3 Å². The number of likely N-dealkylation sites (tertiary alicyclic amines) is 1. The van der Waals surface area contributed by atoms with E-state index in [0.717, 1.165) is 68.0 Å². The molecule has 216 valence electrons. The monoisotopic (exact) mass is 525 g/mol. The molecular weight excluding hydrogens is 466 g/mol. The molecular formula is C35H59NO2. The predicted octanol–water partition coefficient (Wildman–Crippen LogP) is 8.82. The highest BCUT2D eigenvalue weighted by Crippen LogP contribution is 2.67. The Hall–Kier alpha value is -0.830. The molecule has 0 unspecified atom stereocenters. The SMILES string of the molecule is CC(C)CCC[C@@H](C)[C@H]1CC[C@@H]2[C@H]3CC=C4C[C@@H](OC(=O)CCN5CCCCC5)CC[C@]4(C)[C@@H]3CC[C@@]21C. The summed E-state index contributed by atoms with van der Waals surface area (Å²) in [4.78, 5) is 15.1. The van der Waals surface area contributed by atoms with Gasteiger partial charge in [-0.3, -0.25) is 4.79 Å². The van der Waals surface area contributed by atoms with Crippen molar-refractivity contribution in [3.8, 4) is 0 Å². The first-order chi connectivity index (χ1) is 18.2. The Labute approximate surface area is 234 Å². The van der Waals surface area contributed by atoms with Gasteiger partial charge in [-0.25, -0.2) is 0 Å². The lowest BCUT2D eigenvalue weighted by molar-refractivity contribution is -0.152. The fourth-order valence-corrected chi connectivity index (χ4v) is 10.4. The topological polar surface area (TPSA) is 29.5 Å². The highest BCUT2D eigenvalue weighted by atomic mass is 16.5. The number of hydrogen-bond donors (Lipinski definition) is 0. The van der Waals surface area contributed by atoms with Crippen molar-refractivity contribution in [1.29, 1.82) is 0 Å². The molecule has 4 aliphatic carbocycles. The summed E-state index contributed by atoms with van der Waals surface area (Å²) in [7, 11) is 0. The second kappa shape index (κ2) is 12.0. The zero-order chi connectivity index (χ0) is 26.9. The van der Waals surface area contributed by atoms with Gasteiger partial charge in [0.2, 0.25) is 0 Å². The molecule has 0 amide bonds. The molecule has 0 spiro atoms. The minimum absolute atomic E-state index is 0.0337. The number of esters is 1. The van der Waals surface area contributed by atoms with Crippen LogP contribution in [0.5, 0.6) is 0 Å². The highest BCUT2D eigenvalue weighted by Gasteiger charge is 2.59. The first kappa shape index (κ1) is 28.7. The van der Waals surface area contributed by atoms with Crippen LogP contribution in [0.25, 0.3) is 0 Å². The number of rotatable bonds is 9. The van der Waals surface area contributed by atoms with Gasteiger partial charge in [-0.05, 0) is 117 Å². The standard InChI is InChI=1S/C35H59NO2/c1-25(2)10-9-11-26(3)30-14-15-31-29-13-12-27-24-28(38-33(37)18-23-36-21-7-6-8-22-36)16-19-34(27,4)32(29)17-20-35(30,31)5/h12,25-26,28-32H,6-11,13-24H2,1-5H3/t26-,28+,29-,30-,31-,32-,34+,35-/m1/s1. The number of fused-ring (bicyclic) bond motifs is 5. The van der Waals surface area contributed by atoms with E-state index in [1.165, 1.54) is 77.0 Å². The smallest absolute Gasteiger partial charge is 0.307 e. The summed E-state index contributed by atoms with van der Waals surface area (Å²) in [5, 5.41) is 0. The van der Waals surface area contributed by atoms with Gasteiger partial charge >= 0.3 is 5.97 Å². The second-order valence-corrected chi connectivity index (χ2v) is 15.3. The number of carbonyl (C=O) groups excluding carboxylic acids is 1. The van der Waals surface area contributed by atoms with Crippen molar-refractivity contribution >= 4 is 5.97 Å². The zero-order valence-corrected chi connectivity index (χ0v) is 25.6.